The van der Waals surface area contributed by atoms with E-state index in [4.69, 9.17) is 9.72 Å². The first-order valence-corrected chi connectivity index (χ1v) is 15.0. The van der Waals surface area contributed by atoms with Crippen molar-refractivity contribution in [2.24, 2.45) is 0 Å². The van der Waals surface area contributed by atoms with E-state index in [-0.39, 0.29) is 17.3 Å². The van der Waals surface area contributed by atoms with Crippen LogP contribution in [0.25, 0.3) is 22.4 Å². The molecule has 12 heteroatoms. The molecule has 0 aliphatic carbocycles. The van der Waals surface area contributed by atoms with Crippen LogP contribution in [0, 0.1) is 0 Å². The summed E-state index contributed by atoms with van der Waals surface area (Å²) in [6.45, 7) is 8.88. The number of nitrogens with zero attached hydrogens (tertiary/aromatic N) is 4. The van der Waals surface area contributed by atoms with E-state index in [1.807, 2.05) is 25.7 Å². The molecule has 0 bridgehead atoms. The van der Waals surface area contributed by atoms with E-state index in [1.54, 1.807) is 10.6 Å². The molecule has 212 valence electrons. The average molecular weight is 560 g/mol. The van der Waals surface area contributed by atoms with Crippen LogP contribution in [0.3, 0.4) is 0 Å². The van der Waals surface area contributed by atoms with Crippen LogP contribution >= 0.6 is 0 Å². The Kier molecular flexibility index (Phi) is 9.21. The van der Waals surface area contributed by atoms with Crippen molar-refractivity contribution >= 4 is 27.3 Å². The van der Waals surface area contributed by atoms with Crippen molar-refractivity contribution in [2.45, 2.75) is 51.5 Å². The summed E-state index contributed by atoms with van der Waals surface area (Å²) in [7, 11) is -3.83. The van der Waals surface area contributed by atoms with Crippen molar-refractivity contribution in [2.75, 3.05) is 45.9 Å². The number of aldehydes is 1. The molecule has 0 amide bonds. The number of aromatic amines is 1. The number of benzene rings is 1. The molecule has 0 atom stereocenters. The number of hydrogen-bond acceptors (Lipinski definition) is 8. The highest BCUT2D eigenvalue weighted by molar-refractivity contribution is 7.89. The van der Waals surface area contributed by atoms with Crippen molar-refractivity contribution in [3.63, 3.8) is 0 Å². The third kappa shape index (κ3) is 5.65. The molecule has 1 fully saturated rings. The molecule has 2 N–H and O–H groups in total. The Morgan fingerprint density at radius 1 is 1.13 bits per heavy atom. The van der Waals surface area contributed by atoms with Gasteiger partial charge in [-0.3, -0.25) is 14.5 Å². The normalized spacial score (nSPS) is 15.2. The molecule has 4 rings (SSSR count). The van der Waals surface area contributed by atoms with Crippen LogP contribution in [-0.4, -0.2) is 89.5 Å². The van der Waals surface area contributed by atoms with E-state index in [0.29, 0.717) is 85.9 Å². The number of nitrogens with one attached hydrogen (secondary N) is 1. The Morgan fingerprint density at radius 2 is 1.87 bits per heavy atom. The molecule has 11 nitrogen and oxygen atoms in total. The Bertz CT molecular complexity index is 1490. The zero-order valence-electron chi connectivity index (χ0n) is 22.8. The van der Waals surface area contributed by atoms with Crippen LogP contribution in [0.4, 0.5) is 0 Å². The van der Waals surface area contributed by atoms with E-state index in [0.717, 1.165) is 19.1 Å². The van der Waals surface area contributed by atoms with Crippen molar-refractivity contribution < 1.29 is 23.1 Å². The third-order valence-corrected chi connectivity index (χ3v) is 8.93. The fourth-order valence-electron chi connectivity index (χ4n) is 5.10. The maximum absolute atomic E-state index is 13.6. The fourth-order valence-corrected chi connectivity index (χ4v) is 6.55. The molecule has 0 unspecified atom stereocenters. The van der Waals surface area contributed by atoms with Gasteiger partial charge in [-0.1, -0.05) is 20.3 Å². The maximum atomic E-state index is 13.6. The van der Waals surface area contributed by atoms with Gasteiger partial charge in [-0.2, -0.15) is 4.31 Å². The number of H-pyrrole nitrogens is 1. The molecule has 39 heavy (non-hydrogen) atoms. The van der Waals surface area contributed by atoms with Crippen molar-refractivity contribution in [3.8, 4) is 17.1 Å². The highest BCUT2D eigenvalue weighted by Crippen LogP contribution is 2.33. The minimum Gasteiger partial charge on any atom is -0.493 e. The number of aromatic nitrogens is 3. The Morgan fingerprint density at radius 3 is 2.49 bits per heavy atom. The van der Waals surface area contributed by atoms with Gasteiger partial charge in [-0.15, -0.1) is 0 Å². The van der Waals surface area contributed by atoms with Gasteiger partial charge in [0.25, 0.3) is 5.56 Å². The first-order chi connectivity index (χ1) is 18.8. The second-order valence-electron chi connectivity index (χ2n) is 9.56. The smallest absolute Gasteiger partial charge is 0.275 e. The number of carbonyl (C=O) groups is 1. The van der Waals surface area contributed by atoms with Gasteiger partial charge in [0.1, 0.15) is 22.6 Å². The van der Waals surface area contributed by atoms with E-state index >= 15 is 0 Å². The quantitative estimate of drug-likeness (QED) is 0.323. The molecule has 0 radical (unpaired) electrons. The molecule has 3 aromatic rings. The van der Waals surface area contributed by atoms with Crippen molar-refractivity contribution in [3.05, 3.63) is 39.8 Å². The zero-order valence-corrected chi connectivity index (χ0v) is 23.6. The first-order valence-electron chi connectivity index (χ1n) is 13.5. The Labute approximate surface area is 228 Å². The van der Waals surface area contributed by atoms with Gasteiger partial charge in [-0.05, 0) is 38.0 Å². The summed E-state index contributed by atoms with van der Waals surface area (Å²) in [5.74, 6) is 0.597. The highest BCUT2D eigenvalue weighted by Gasteiger charge is 2.30. The summed E-state index contributed by atoms with van der Waals surface area (Å²) in [6, 6.07) is 4.62. The van der Waals surface area contributed by atoms with E-state index in [9.17, 15) is 23.1 Å². The minimum absolute atomic E-state index is 0.0286. The van der Waals surface area contributed by atoms with Gasteiger partial charge in [0, 0.05) is 44.8 Å². The summed E-state index contributed by atoms with van der Waals surface area (Å²) in [5, 5.41) is 9.19. The number of rotatable bonds is 12. The lowest BCUT2D eigenvalue weighted by Gasteiger charge is -2.33. The van der Waals surface area contributed by atoms with Gasteiger partial charge < -0.3 is 19.4 Å². The number of β-amino-alcohol motifs (C(OH)–C–C–N with tert-alkyl or cyclic N) is 1. The summed E-state index contributed by atoms with van der Waals surface area (Å²) in [6.07, 6.45) is 2.84. The summed E-state index contributed by atoms with van der Waals surface area (Å²) >= 11 is 0. The lowest BCUT2D eigenvalue weighted by atomic mass is 10.1. The molecular formula is C27H37N5O6S. The van der Waals surface area contributed by atoms with Crippen LogP contribution in [0.5, 0.6) is 5.75 Å². The average Bonchev–Trinajstić information content (AvgIpc) is 3.25. The summed E-state index contributed by atoms with van der Waals surface area (Å²) in [5.41, 5.74) is 1.86. The zero-order chi connectivity index (χ0) is 28.2. The van der Waals surface area contributed by atoms with Crippen LogP contribution < -0.4 is 10.3 Å². The molecule has 1 saturated heterocycles. The Hall–Kier alpha value is -3.06. The molecule has 0 spiro atoms. The number of aryl methyl sites for hydroxylation is 2. The summed E-state index contributed by atoms with van der Waals surface area (Å²) < 4.78 is 36.2. The third-order valence-electron chi connectivity index (χ3n) is 7.03. The molecule has 3 heterocycles. The summed E-state index contributed by atoms with van der Waals surface area (Å²) in [4.78, 5) is 35.0. The van der Waals surface area contributed by atoms with E-state index in [1.165, 1.54) is 16.4 Å². The molecule has 1 aromatic carbocycles. The highest BCUT2D eigenvalue weighted by atomic mass is 32.2. The fraction of sp³-hybridized carbons (Fsp3) is 0.519. The number of hydrogen-bond donors (Lipinski definition) is 2. The molecular weight excluding hydrogens is 522 g/mol. The maximum Gasteiger partial charge on any atom is 0.275 e. The van der Waals surface area contributed by atoms with Crippen LogP contribution in [0.15, 0.2) is 27.9 Å². The van der Waals surface area contributed by atoms with Crippen molar-refractivity contribution in [1.29, 1.82) is 0 Å². The van der Waals surface area contributed by atoms with Gasteiger partial charge in [0.05, 0.1) is 29.4 Å². The first kappa shape index (κ1) is 28.9. The minimum atomic E-state index is -3.83. The van der Waals surface area contributed by atoms with Crippen molar-refractivity contribution in [1.82, 2.24) is 23.7 Å². The van der Waals surface area contributed by atoms with E-state index < -0.39 is 15.6 Å². The number of aliphatic hydroxyl groups is 1. The monoisotopic (exact) mass is 559 g/mol. The number of aliphatic hydroxyl groups excluding tert-OH is 1. The molecule has 0 saturated carbocycles. The second kappa shape index (κ2) is 12.4. The lowest BCUT2D eigenvalue weighted by molar-refractivity contribution is 0.111. The predicted octanol–water partition coefficient (Wildman–Crippen LogP) is 2.26. The SMILES string of the molecule is CCCOc1ccc(S(=O)(=O)N2CCN(CCO)CC2)cc1-c1nc2c(CCC)c(C=O)n(CC)c2c(=O)[nH]1. The number of fused-ring (bicyclic) bond motifs is 1. The Balaban J connectivity index is 1.84. The van der Waals surface area contributed by atoms with Crippen LogP contribution in [0.1, 0.15) is 49.7 Å². The number of piperazine rings is 1. The predicted molar refractivity (Wildman–Crippen MR) is 149 cm³/mol. The number of sulfonamides is 1. The molecule has 1 aliphatic rings. The van der Waals surface area contributed by atoms with Gasteiger partial charge in [0.15, 0.2) is 6.29 Å². The lowest BCUT2D eigenvalue weighted by Crippen LogP contribution is -2.49. The largest absolute Gasteiger partial charge is 0.493 e. The second-order valence-corrected chi connectivity index (χ2v) is 11.5. The topological polar surface area (TPSA) is 138 Å². The number of ether oxygens (including phenoxy) is 1. The van der Waals surface area contributed by atoms with Crippen LogP contribution in [0.2, 0.25) is 0 Å². The van der Waals surface area contributed by atoms with Crippen LogP contribution in [-0.2, 0) is 23.0 Å². The standard InChI is InChI=1S/C27H37N5O6S/c1-4-7-20-22(18-34)32(6-3)25-24(20)28-26(29-27(25)35)21-17-19(8-9-23(21)38-16-5-2)39(36,37)31-12-10-30(11-13-31)14-15-33/h8-9,17-18,33H,4-7,10-16H2,1-3H3,(H,28,29,35). The molecule has 1 aliphatic heterocycles. The van der Waals surface area contributed by atoms with Gasteiger partial charge >= 0.3 is 0 Å². The van der Waals surface area contributed by atoms with E-state index in [2.05, 4.69) is 4.98 Å². The van der Waals surface area contributed by atoms with Gasteiger partial charge in [-0.25, -0.2) is 13.4 Å². The number of carbonyl (C=O) groups excluding carboxylic acids is 1. The van der Waals surface area contributed by atoms with Gasteiger partial charge in [0.2, 0.25) is 10.0 Å². The molecule has 2 aromatic heterocycles.